The van der Waals surface area contributed by atoms with Gasteiger partial charge in [-0.1, -0.05) is 69.9 Å². The van der Waals surface area contributed by atoms with E-state index in [9.17, 15) is 9.90 Å². The minimum Gasteiger partial charge on any atom is -0.362 e. The molecule has 1 N–H and O–H groups in total. The van der Waals surface area contributed by atoms with Crippen molar-refractivity contribution in [1.29, 1.82) is 0 Å². The van der Waals surface area contributed by atoms with Crippen LogP contribution in [-0.4, -0.2) is 23.3 Å². The predicted molar refractivity (Wildman–Crippen MR) is 80.7 cm³/mol. The maximum atomic E-state index is 12.0. The average Bonchev–Trinajstić information content (AvgIpc) is 2.47. The smallest absolute Gasteiger partial charge is 0.220 e. The van der Waals surface area contributed by atoms with Gasteiger partial charge in [-0.05, 0) is 12.8 Å². The van der Waals surface area contributed by atoms with Crippen molar-refractivity contribution in [1.82, 2.24) is 0 Å². The Morgan fingerprint density at radius 3 is 2.40 bits per heavy atom. The zero-order valence-electron chi connectivity index (χ0n) is 12.5. The predicted octanol–water partition coefficient (Wildman–Crippen LogP) is 3.95. The Kier molecular flexibility index (Phi) is 8.16. The van der Waals surface area contributed by atoms with Crippen molar-refractivity contribution >= 4 is 5.78 Å². The van der Waals surface area contributed by atoms with Crippen LogP contribution in [0.3, 0.4) is 0 Å². The number of ketones is 1. The Labute approximate surface area is 122 Å². The van der Waals surface area contributed by atoms with E-state index in [0.717, 1.165) is 38.5 Å². The standard InChI is InChI=1S/C17H26O3/c1-3-5-7-13-15(10-4-2)20-17(19)16(18)14-11-8-6-9-12-14/h6,8-9,11-12,15,17,19H,3-5,7,10,13H2,1-2H3. The average molecular weight is 278 g/mol. The molecule has 112 valence electrons. The molecule has 0 fully saturated rings. The van der Waals surface area contributed by atoms with Gasteiger partial charge >= 0.3 is 0 Å². The summed E-state index contributed by atoms with van der Waals surface area (Å²) in [4.78, 5) is 12.0. The van der Waals surface area contributed by atoms with Gasteiger partial charge in [-0.3, -0.25) is 4.79 Å². The number of hydrogen-bond donors (Lipinski definition) is 1. The lowest BCUT2D eigenvalue weighted by Gasteiger charge is -2.20. The second-order valence-corrected chi connectivity index (χ2v) is 5.13. The van der Waals surface area contributed by atoms with E-state index >= 15 is 0 Å². The van der Waals surface area contributed by atoms with Crippen LogP contribution in [0.15, 0.2) is 30.3 Å². The van der Waals surface area contributed by atoms with E-state index in [4.69, 9.17) is 4.74 Å². The molecule has 0 saturated heterocycles. The summed E-state index contributed by atoms with van der Waals surface area (Å²) in [6, 6.07) is 8.80. The molecule has 1 rings (SSSR count). The van der Waals surface area contributed by atoms with Crippen molar-refractivity contribution in [2.24, 2.45) is 0 Å². The van der Waals surface area contributed by atoms with Gasteiger partial charge in [0.05, 0.1) is 6.10 Å². The summed E-state index contributed by atoms with van der Waals surface area (Å²) in [5.41, 5.74) is 0.490. The zero-order chi connectivity index (χ0) is 14.8. The van der Waals surface area contributed by atoms with Crippen molar-refractivity contribution in [3.8, 4) is 0 Å². The van der Waals surface area contributed by atoms with Crippen LogP contribution in [0.2, 0.25) is 0 Å². The molecule has 2 atom stereocenters. The number of ether oxygens (including phenoxy) is 1. The summed E-state index contributed by atoms with van der Waals surface area (Å²) in [7, 11) is 0. The third kappa shape index (κ3) is 5.85. The van der Waals surface area contributed by atoms with Gasteiger partial charge in [-0.15, -0.1) is 0 Å². The Hall–Kier alpha value is -1.19. The monoisotopic (exact) mass is 278 g/mol. The fraction of sp³-hybridized carbons (Fsp3) is 0.588. The maximum Gasteiger partial charge on any atom is 0.220 e. The molecule has 0 saturated carbocycles. The van der Waals surface area contributed by atoms with Gasteiger partial charge < -0.3 is 9.84 Å². The highest BCUT2D eigenvalue weighted by molar-refractivity contribution is 5.98. The minimum atomic E-state index is -1.35. The first-order valence-corrected chi connectivity index (χ1v) is 7.61. The summed E-state index contributed by atoms with van der Waals surface area (Å²) in [5.74, 6) is -0.359. The molecule has 0 amide bonds. The summed E-state index contributed by atoms with van der Waals surface area (Å²) in [6.45, 7) is 4.24. The van der Waals surface area contributed by atoms with Gasteiger partial charge in [0.15, 0.2) is 0 Å². The van der Waals surface area contributed by atoms with Crippen LogP contribution in [0.25, 0.3) is 0 Å². The molecule has 0 heterocycles. The fourth-order valence-corrected chi connectivity index (χ4v) is 2.21. The summed E-state index contributed by atoms with van der Waals surface area (Å²) < 4.78 is 5.56. The molecule has 0 aliphatic carbocycles. The largest absolute Gasteiger partial charge is 0.362 e. The van der Waals surface area contributed by atoms with Crippen LogP contribution in [0.4, 0.5) is 0 Å². The lowest BCUT2D eigenvalue weighted by Crippen LogP contribution is -2.29. The van der Waals surface area contributed by atoms with Gasteiger partial charge in [-0.2, -0.15) is 0 Å². The first kappa shape index (κ1) is 16.9. The van der Waals surface area contributed by atoms with E-state index < -0.39 is 6.29 Å². The van der Waals surface area contributed by atoms with E-state index in [1.807, 2.05) is 6.07 Å². The number of carbonyl (C=O) groups excluding carboxylic acids is 1. The number of unbranched alkanes of at least 4 members (excludes halogenated alkanes) is 2. The highest BCUT2D eigenvalue weighted by Gasteiger charge is 2.21. The van der Waals surface area contributed by atoms with Crippen LogP contribution in [0, 0.1) is 0 Å². The van der Waals surface area contributed by atoms with Crippen molar-refractivity contribution < 1.29 is 14.6 Å². The molecular weight excluding hydrogens is 252 g/mol. The van der Waals surface area contributed by atoms with Crippen molar-refractivity contribution in [3.05, 3.63) is 35.9 Å². The molecule has 0 aliphatic rings. The van der Waals surface area contributed by atoms with Gasteiger partial charge in [0.2, 0.25) is 12.1 Å². The van der Waals surface area contributed by atoms with E-state index in [1.165, 1.54) is 0 Å². The summed E-state index contributed by atoms with van der Waals surface area (Å²) in [6.07, 6.45) is 4.78. The zero-order valence-corrected chi connectivity index (χ0v) is 12.5. The van der Waals surface area contributed by atoms with Crippen LogP contribution in [0.5, 0.6) is 0 Å². The number of hydrogen-bond acceptors (Lipinski definition) is 3. The lowest BCUT2D eigenvalue weighted by atomic mass is 10.1. The van der Waals surface area contributed by atoms with E-state index in [2.05, 4.69) is 13.8 Å². The second-order valence-electron chi connectivity index (χ2n) is 5.13. The molecule has 1 aromatic rings. The first-order valence-electron chi connectivity index (χ1n) is 7.61. The maximum absolute atomic E-state index is 12.0. The normalized spacial score (nSPS) is 13.9. The Balaban J connectivity index is 2.52. The quantitative estimate of drug-likeness (QED) is 0.400. The molecule has 0 aliphatic heterocycles. The molecule has 3 nitrogen and oxygen atoms in total. The molecule has 20 heavy (non-hydrogen) atoms. The van der Waals surface area contributed by atoms with Crippen LogP contribution in [-0.2, 0) is 4.74 Å². The number of carbonyl (C=O) groups is 1. The number of Topliss-reactive ketones (excluding diaryl/α,β-unsaturated/α-hetero) is 1. The summed E-state index contributed by atoms with van der Waals surface area (Å²) in [5, 5.41) is 9.95. The molecule has 0 radical (unpaired) electrons. The molecule has 0 spiro atoms. The fourth-order valence-electron chi connectivity index (χ4n) is 2.21. The van der Waals surface area contributed by atoms with Crippen molar-refractivity contribution in [2.45, 2.75) is 64.8 Å². The number of benzene rings is 1. The molecule has 0 bridgehead atoms. The number of aliphatic hydroxyl groups is 1. The van der Waals surface area contributed by atoms with Crippen LogP contribution < -0.4 is 0 Å². The third-order valence-corrected chi connectivity index (χ3v) is 3.34. The van der Waals surface area contributed by atoms with Gasteiger partial charge in [-0.25, -0.2) is 0 Å². The SMILES string of the molecule is CCCCCC(CCC)OC(O)C(=O)c1ccccc1. The molecule has 2 unspecified atom stereocenters. The number of rotatable bonds is 10. The Bertz CT molecular complexity index is 375. The topological polar surface area (TPSA) is 46.5 Å². The van der Waals surface area contributed by atoms with Crippen LogP contribution in [0.1, 0.15) is 62.7 Å². The van der Waals surface area contributed by atoms with E-state index in [-0.39, 0.29) is 11.9 Å². The highest BCUT2D eigenvalue weighted by atomic mass is 16.6. The number of aliphatic hydroxyl groups excluding tert-OH is 1. The van der Waals surface area contributed by atoms with E-state index in [0.29, 0.717) is 5.56 Å². The van der Waals surface area contributed by atoms with Gasteiger partial charge in [0.25, 0.3) is 0 Å². The van der Waals surface area contributed by atoms with Crippen molar-refractivity contribution in [2.75, 3.05) is 0 Å². The third-order valence-electron chi connectivity index (χ3n) is 3.34. The van der Waals surface area contributed by atoms with E-state index in [1.54, 1.807) is 24.3 Å². The molecular formula is C17H26O3. The van der Waals surface area contributed by atoms with Gasteiger partial charge in [0, 0.05) is 5.56 Å². The highest BCUT2D eigenvalue weighted by Crippen LogP contribution is 2.15. The molecule has 1 aromatic carbocycles. The molecule has 0 aromatic heterocycles. The Morgan fingerprint density at radius 2 is 1.80 bits per heavy atom. The van der Waals surface area contributed by atoms with Gasteiger partial charge in [0.1, 0.15) is 0 Å². The molecule has 3 heteroatoms. The Morgan fingerprint density at radius 1 is 1.10 bits per heavy atom. The van der Waals surface area contributed by atoms with Crippen LogP contribution >= 0.6 is 0 Å². The summed E-state index contributed by atoms with van der Waals surface area (Å²) >= 11 is 0. The second kappa shape index (κ2) is 9.67. The minimum absolute atomic E-state index is 0.0331. The lowest BCUT2D eigenvalue weighted by molar-refractivity contribution is -0.113. The first-order chi connectivity index (χ1) is 9.69. The van der Waals surface area contributed by atoms with Crippen molar-refractivity contribution in [3.63, 3.8) is 0 Å².